The molecule has 0 saturated carbocycles. The Morgan fingerprint density at radius 2 is 1.35 bits per heavy atom. The molecule has 1 aliphatic heterocycles. The van der Waals surface area contributed by atoms with Crippen LogP contribution in [0.5, 0.6) is 11.5 Å². The number of aromatic nitrogens is 2. The SMILES string of the molecule is CC(C)(C)Cc1ccccc1N1[CH-]N(c2[c-]c(Oc3[c-]c4c(cc3)c3ccccc3n4-c3cc(C(C)(C)C)ccn3)ccc2)c2ccccc21.[Pt]. The minimum atomic E-state index is -0.00455. The van der Waals surface area contributed by atoms with E-state index in [0.717, 1.165) is 51.1 Å². The van der Waals surface area contributed by atoms with Gasteiger partial charge in [-0.3, -0.25) is 0 Å². The molecule has 1 aliphatic rings. The molecule has 0 N–H and O–H groups in total. The quantitative estimate of drug-likeness (QED) is 0.156. The normalized spacial score (nSPS) is 13.1. The Labute approximate surface area is 315 Å². The average molecular weight is 849 g/mol. The van der Waals surface area contributed by atoms with E-state index in [1.165, 1.54) is 16.8 Å². The van der Waals surface area contributed by atoms with Crippen molar-refractivity contribution in [1.29, 1.82) is 0 Å². The third-order valence-corrected chi connectivity index (χ3v) is 9.23. The Bertz CT molecular complexity index is 2360. The molecule has 0 unspecified atom stereocenters. The molecule has 0 saturated heterocycles. The molecular formula is C45H41N4OPt-3. The van der Waals surface area contributed by atoms with Crippen LogP contribution in [-0.4, -0.2) is 9.55 Å². The molecule has 5 nitrogen and oxygen atoms in total. The van der Waals surface area contributed by atoms with Gasteiger partial charge in [0.25, 0.3) is 0 Å². The smallest absolute Gasteiger partial charge is 0.135 e. The Balaban J connectivity index is 0.00000406. The van der Waals surface area contributed by atoms with Gasteiger partial charge in [0.05, 0.1) is 0 Å². The van der Waals surface area contributed by atoms with Crippen LogP contribution >= 0.6 is 0 Å². The van der Waals surface area contributed by atoms with Crippen molar-refractivity contribution in [2.45, 2.75) is 53.4 Å². The van der Waals surface area contributed by atoms with Crippen molar-refractivity contribution in [2.24, 2.45) is 5.41 Å². The standard InChI is InChI=1S/C45H41N4O.Pt/c1-44(2,3)29-31-14-7-9-18-38(31)48-30-47(40-20-11-12-21-41(40)48)33-15-13-16-34(27-33)50-35-22-23-37-36-17-8-10-19-39(36)49(42(37)28-35)43-26-32(24-25-46-43)45(4,5)6;/h7-26,30H,29H2,1-6H3;/q-3;. The van der Waals surface area contributed by atoms with E-state index in [-0.39, 0.29) is 31.9 Å². The topological polar surface area (TPSA) is 33.5 Å². The molecule has 2 aromatic heterocycles. The third-order valence-electron chi connectivity index (χ3n) is 9.23. The summed E-state index contributed by atoms with van der Waals surface area (Å²) >= 11 is 0. The predicted molar refractivity (Wildman–Crippen MR) is 206 cm³/mol. The fraction of sp³-hybridized carbons (Fsp3) is 0.200. The van der Waals surface area contributed by atoms with Gasteiger partial charge in [-0.2, -0.15) is 12.1 Å². The van der Waals surface area contributed by atoms with Crippen molar-refractivity contribution >= 4 is 44.6 Å². The van der Waals surface area contributed by atoms with E-state index in [9.17, 15) is 0 Å². The van der Waals surface area contributed by atoms with Crippen molar-refractivity contribution in [2.75, 3.05) is 9.80 Å². The van der Waals surface area contributed by atoms with Crippen LogP contribution in [0.2, 0.25) is 0 Å². The van der Waals surface area contributed by atoms with E-state index in [0.29, 0.717) is 11.5 Å². The van der Waals surface area contributed by atoms with Gasteiger partial charge in [0.15, 0.2) is 0 Å². The van der Waals surface area contributed by atoms with Crippen molar-refractivity contribution in [3.05, 3.63) is 151 Å². The van der Waals surface area contributed by atoms with E-state index in [4.69, 9.17) is 9.72 Å². The van der Waals surface area contributed by atoms with Gasteiger partial charge in [-0.25, -0.2) is 4.98 Å². The molecule has 51 heavy (non-hydrogen) atoms. The number of fused-ring (bicyclic) bond motifs is 4. The number of anilines is 4. The van der Waals surface area contributed by atoms with Crippen molar-refractivity contribution in [3.8, 4) is 17.3 Å². The number of hydrogen-bond donors (Lipinski definition) is 0. The zero-order valence-corrected chi connectivity index (χ0v) is 32.1. The van der Waals surface area contributed by atoms with Gasteiger partial charge in [0.1, 0.15) is 5.82 Å². The van der Waals surface area contributed by atoms with Crippen molar-refractivity contribution in [1.82, 2.24) is 9.55 Å². The Morgan fingerprint density at radius 3 is 2.12 bits per heavy atom. The molecule has 6 heteroatoms. The monoisotopic (exact) mass is 848 g/mol. The van der Waals surface area contributed by atoms with Gasteiger partial charge in [0, 0.05) is 61.3 Å². The average Bonchev–Trinajstić information content (AvgIpc) is 3.64. The van der Waals surface area contributed by atoms with Crippen LogP contribution in [0, 0.1) is 24.2 Å². The second-order valence-corrected chi connectivity index (χ2v) is 15.3. The molecule has 0 atom stereocenters. The Hall–Kier alpha value is -4.86. The number of rotatable bonds is 6. The van der Waals surface area contributed by atoms with E-state index in [2.05, 4.69) is 172 Å². The molecule has 5 aromatic carbocycles. The summed E-state index contributed by atoms with van der Waals surface area (Å²) in [5.74, 6) is 2.10. The van der Waals surface area contributed by atoms with E-state index in [1.54, 1.807) is 0 Å². The van der Waals surface area contributed by atoms with Gasteiger partial charge in [-0.15, -0.1) is 48.1 Å². The van der Waals surface area contributed by atoms with Crippen LogP contribution in [0.3, 0.4) is 0 Å². The van der Waals surface area contributed by atoms with Gasteiger partial charge >= 0.3 is 0 Å². The maximum absolute atomic E-state index is 6.53. The first-order valence-electron chi connectivity index (χ1n) is 17.3. The molecule has 0 aliphatic carbocycles. The molecule has 0 spiro atoms. The van der Waals surface area contributed by atoms with Crippen LogP contribution < -0.4 is 14.5 Å². The number of nitrogens with zero attached hydrogens (tertiary/aromatic N) is 4. The molecule has 0 amide bonds. The van der Waals surface area contributed by atoms with E-state index < -0.39 is 0 Å². The summed E-state index contributed by atoms with van der Waals surface area (Å²) in [6.45, 7) is 15.7. The third kappa shape index (κ3) is 6.68. The Kier molecular flexibility index (Phi) is 9.06. The second-order valence-electron chi connectivity index (χ2n) is 15.3. The summed E-state index contributed by atoms with van der Waals surface area (Å²) in [4.78, 5) is 9.30. The Morgan fingerprint density at radius 1 is 0.667 bits per heavy atom. The summed E-state index contributed by atoms with van der Waals surface area (Å²) in [6.07, 6.45) is 2.87. The fourth-order valence-corrected chi connectivity index (χ4v) is 6.90. The van der Waals surface area contributed by atoms with E-state index >= 15 is 0 Å². The molecule has 0 bridgehead atoms. The number of pyridine rings is 1. The number of hydrogen-bond acceptors (Lipinski definition) is 4. The number of para-hydroxylation sites is 4. The molecule has 0 fully saturated rings. The number of ether oxygens (including phenoxy) is 1. The summed E-state index contributed by atoms with van der Waals surface area (Å²) in [5.41, 5.74) is 9.00. The zero-order valence-electron chi connectivity index (χ0n) is 29.8. The molecular weight excluding hydrogens is 808 g/mol. The summed E-state index contributed by atoms with van der Waals surface area (Å²) in [6, 6.07) is 47.2. The minimum Gasteiger partial charge on any atom is -0.509 e. The molecule has 7 aromatic rings. The molecule has 260 valence electrons. The maximum Gasteiger partial charge on any atom is 0.135 e. The van der Waals surface area contributed by atoms with Crippen molar-refractivity contribution < 1.29 is 25.8 Å². The van der Waals surface area contributed by atoms with Gasteiger partial charge < -0.3 is 19.1 Å². The predicted octanol–water partition coefficient (Wildman–Crippen LogP) is 11.9. The molecule has 0 radical (unpaired) electrons. The first-order chi connectivity index (χ1) is 24.0. The molecule has 3 heterocycles. The van der Waals surface area contributed by atoms with Crippen LogP contribution in [0.15, 0.2) is 121 Å². The first kappa shape index (κ1) is 34.6. The summed E-state index contributed by atoms with van der Waals surface area (Å²) in [7, 11) is 0. The maximum atomic E-state index is 6.53. The minimum absolute atomic E-state index is 0. The van der Waals surface area contributed by atoms with Gasteiger partial charge in [0.2, 0.25) is 0 Å². The summed E-state index contributed by atoms with van der Waals surface area (Å²) < 4.78 is 8.72. The zero-order chi connectivity index (χ0) is 34.6. The van der Waals surface area contributed by atoms with Crippen LogP contribution in [0.25, 0.3) is 27.6 Å². The van der Waals surface area contributed by atoms with Gasteiger partial charge in [-0.1, -0.05) is 95.6 Å². The van der Waals surface area contributed by atoms with Gasteiger partial charge in [-0.05, 0) is 70.2 Å². The summed E-state index contributed by atoms with van der Waals surface area (Å²) in [5, 5.41) is 2.25. The first-order valence-corrected chi connectivity index (χ1v) is 17.3. The van der Waals surface area contributed by atoms with Crippen molar-refractivity contribution in [3.63, 3.8) is 0 Å². The van der Waals surface area contributed by atoms with Crippen LogP contribution in [0.1, 0.15) is 52.7 Å². The largest absolute Gasteiger partial charge is 0.509 e. The second kappa shape index (κ2) is 13.4. The van der Waals surface area contributed by atoms with Crippen LogP contribution in [0.4, 0.5) is 22.7 Å². The number of benzene rings is 5. The molecule has 8 rings (SSSR count). The van der Waals surface area contributed by atoms with E-state index in [1.807, 2.05) is 24.4 Å². The van der Waals surface area contributed by atoms with Crippen LogP contribution in [-0.2, 0) is 32.9 Å². The fourth-order valence-electron chi connectivity index (χ4n) is 6.90.